The van der Waals surface area contributed by atoms with Crippen molar-refractivity contribution in [3.63, 3.8) is 0 Å². The molecule has 2 fully saturated rings. The van der Waals surface area contributed by atoms with Crippen LogP contribution in [0.5, 0.6) is 0 Å². The molecule has 0 aromatic heterocycles. The highest BCUT2D eigenvalue weighted by molar-refractivity contribution is 5.80. The van der Waals surface area contributed by atoms with Gasteiger partial charge in [0.25, 0.3) is 0 Å². The maximum atomic E-state index is 12.3. The molecule has 0 spiro atoms. The first-order valence-electron chi connectivity index (χ1n) is 8.80. The summed E-state index contributed by atoms with van der Waals surface area (Å²) in [6, 6.07) is 0.465. The Bertz CT molecular complexity index is 433. The summed E-state index contributed by atoms with van der Waals surface area (Å²) in [4.78, 5) is 28.4. The number of carbonyl (C=O) groups excluding carboxylic acids is 2. The van der Waals surface area contributed by atoms with E-state index in [1.807, 2.05) is 20.8 Å². The zero-order valence-electron chi connectivity index (χ0n) is 14.9. The quantitative estimate of drug-likeness (QED) is 0.857. The van der Waals surface area contributed by atoms with Gasteiger partial charge in [-0.3, -0.25) is 9.69 Å². The summed E-state index contributed by atoms with van der Waals surface area (Å²) in [5, 5.41) is 3.08. The Morgan fingerprint density at radius 3 is 2.61 bits per heavy atom. The standard InChI is InChI=1S/C17H31N3O3/c1-5-19-9-6-7-14(19)11-18-15(21)13-8-10-20(12-13)16(22)23-17(2,3)4/h13-14H,5-12H2,1-4H3,(H,18,21). The Labute approximate surface area is 139 Å². The molecule has 0 aliphatic carbocycles. The van der Waals surface area contributed by atoms with Crippen LogP contribution in [0.1, 0.15) is 47.0 Å². The third-order valence-electron chi connectivity index (χ3n) is 4.63. The van der Waals surface area contributed by atoms with E-state index >= 15 is 0 Å². The lowest BCUT2D eigenvalue weighted by Crippen LogP contribution is -2.43. The highest BCUT2D eigenvalue weighted by Gasteiger charge is 2.34. The minimum absolute atomic E-state index is 0.0685. The molecule has 2 saturated heterocycles. The van der Waals surface area contributed by atoms with Crippen molar-refractivity contribution in [2.45, 2.75) is 58.6 Å². The maximum absolute atomic E-state index is 12.3. The Morgan fingerprint density at radius 1 is 1.22 bits per heavy atom. The molecule has 1 N–H and O–H groups in total. The Kier molecular flexibility index (Phi) is 5.89. The second-order valence-corrected chi connectivity index (χ2v) is 7.58. The lowest BCUT2D eigenvalue weighted by atomic mass is 10.1. The molecule has 2 unspecified atom stereocenters. The van der Waals surface area contributed by atoms with E-state index in [0.29, 0.717) is 25.6 Å². The molecule has 2 aliphatic rings. The van der Waals surface area contributed by atoms with Gasteiger partial charge in [-0.2, -0.15) is 0 Å². The van der Waals surface area contributed by atoms with E-state index in [-0.39, 0.29) is 17.9 Å². The highest BCUT2D eigenvalue weighted by Crippen LogP contribution is 2.20. The number of likely N-dealkylation sites (N-methyl/N-ethyl adjacent to an activating group) is 1. The normalized spacial score (nSPS) is 25.7. The summed E-state index contributed by atoms with van der Waals surface area (Å²) in [5.41, 5.74) is -0.497. The van der Waals surface area contributed by atoms with E-state index < -0.39 is 5.60 Å². The van der Waals surface area contributed by atoms with Crippen LogP contribution in [-0.2, 0) is 9.53 Å². The van der Waals surface area contributed by atoms with Gasteiger partial charge >= 0.3 is 6.09 Å². The summed E-state index contributed by atoms with van der Waals surface area (Å²) in [6.07, 6.45) is 2.76. The molecule has 2 amide bonds. The van der Waals surface area contributed by atoms with Crippen LogP contribution in [-0.4, -0.2) is 66.2 Å². The lowest BCUT2D eigenvalue weighted by Gasteiger charge is -2.25. The Morgan fingerprint density at radius 2 is 1.96 bits per heavy atom. The molecule has 6 heteroatoms. The van der Waals surface area contributed by atoms with Gasteiger partial charge in [-0.15, -0.1) is 0 Å². The van der Waals surface area contributed by atoms with Crippen LogP contribution >= 0.6 is 0 Å². The Balaban J connectivity index is 1.75. The first-order chi connectivity index (χ1) is 10.8. The predicted octanol–water partition coefficient (Wildman–Crippen LogP) is 1.84. The number of hydrogen-bond acceptors (Lipinski definition) is 4. The Hall–Kier alpha value is -1.30. The molecule has 2 heterocycles. The molecule has 0 saturated carbocycles. The van der Waals surface area contributed by atoms with Crippen molar-refractivity contribution < 1.29 is 14.3 Å². The average Bonchev–Trinajstić information content (AvgIpc) is 3.11. The van der Waals surface area contributed by atoms with Crippen molar-refractivity contribution in [2.75, 3.05) is 32.7 Å². The molecule has 0 bridgehead atoms. The number of rotatable bonds is 4. The minimum atomic E-state index is -0.497. The third kappa shape index (κ3) is 5.09. The lowest BCUT2D eigenvalue weighted by molar-refractivity contribution is -0.124. The summed E-state index contributed by atoms with van der Waals surface area (Å²) in [7, 11) is 0. The number of ether oxygens (including phenoxy) is 1. The van der Waals surface area contributed by atoms with Gasteiger partial charge in [0.15, 0.2) is 0 Å². The first-order valence-corrected chi connectivity index (χ1v) is 8.80. The second kappa shape index (κ2) is 7.51. The molecule has 2 aliphatic heterocycles. The average molecular weight is 325 g/mol. The molecule has 6 nitrogen and oxygen atoms in total. The van der Waals surface area contributed by atoms with Crippen molar-refractivity contribution >= 4 is 12.0 Å². The molecular weight excluding hydrogens is 294 g/mol. The van der Waals surface area contributed by atoms with Crippen LogP contribution in [0.25, 0.3) is 0 Å². The molecule has 2 rings (SSSR count). The molecule has 0 radical (unpaired) electrons. The van der Waals surface area contributed by atoms with Crippen LogP contribution < -0.4 is 5.32 Å². The van der Waals surface area contributed by atoms with Crippen LogP contribution in [0.2, 0.25) is 0 Å². The fourth-order valence-electron chi connectivity index (χ4n) is 3.37. The molecule has 132 valence electrons. The number of likely N-dealkylation sites (tertiary alicyclic amines) is 2. The molecule has 23 heavy (non-hydrogen) atoms. The van der Waals surface area contributed by atoms with E-state index in [9.17, 15) is 9.59 Å². The van der Waals surface area contributed by atoms with Crippen molar-refractivity contribution in [2.24, 2.45) is 5.92 Å². The SMILES string of the molecule is CCN1CCCC1CNC(=O)C1CCN(C(=O)OC(C)(C)C)C1. The summed E-state index contributed by atoms with van der Waals surface area (Å²) in [5.74, 6) is -0.0435. The molecule has 2 atom stereocenters. The monoisotopic (exact) mass is 325 g/mol. The highest BCUT2D eigenvalue weighted by atomic mass is 16.6. The van der Waals surface area contributed by atoms with E-state index in [1.54, 1.807) is 4.90 Å². The topological polar surface area (TPSA) is 61.9 Å². The van der Waals surface area contributed by atoms with E-state index in [2.05, 4.69) is 17.1 Å². The van der Waals surface area contributed by atoms with Gasteiger partial charge in [0.1, 0.15) is 5.60 Å². The first kappa shape index (κ1) is 18.0. The number of nitrogens with zero attached hydrogens (tertiary/aromatic N) is 2. The molecule has 0 aromatic rings. The summed E-state index contributed by atoms with van der Waals surface area (Å²) >= 11 is 0. The minimum Gasteiger partial charge on any atom is -0.444 e. The van der Waals surface area contributed by atoms with Crippen LogP contribution in [0.15, 0.2) is 0 Å². The molecule has 0 aromatic carbocycles. The summed E-state index contributed by atoms with van der Waals surface area (Å²) < 4.78 is 5.37. The van der Waals surface area contributed by atoms with E-state index in [1.165, 1.54) is 6.42 Å². The van der Waals surface area contributed by atoms with Gasteiger partial charge in [-0.1, -0.05) is 6.92 Å². The van der Waals surface area contributed by atoms with Crippen molar-refractivity contribution in [3.8, 4) is 0 Å². The second-order valence-electron chi connectivity index (χ2n) is 7.58. The van der Waals surface area contributed by atoms with Crippen molar-refractivity contribution in [1.82, 2.24) is 15.1 Å². The number of carbonyl (C=O) groups is 2. The summed E-state index contributed by atoms with van der Waals surface area (Å²) in [6.45, 7) is 11.7. The van der Waals surface area contributed by atoms with Crippen LogP contribution in [0, 0.1) is 5.92 Å². The smallest absolute Gasteiger partial charge is 0.410 e. The zero-order chi connectivity index (χ0) is 17.0. The molecular formula is C17H31N3O3. The maximum Gasteiger partial charge on any atom is 0.410 e. The van der Waals surface area contributed by atoms with E-state index in [4.69, 9.17) is 4.74 Å². The van der Waals surface area contributed by atoms with Gasteiger partial charge in [0.2, 0.25) is 5.91 Å². The van der Waals surface area contributed by atoms with Crippen molar-refractivity contribution in [1.29, 1.82) is 0 Å². The zero-order valence-corrected chi connectivity index (χ0v) is 14.9. The van der Waals surface area contributed by atoms with Crippen molar-refractivity contribution in [3.05, 3.63) is 0 Å². The van der Waals surface area contributed by atoms with Crippen LogP contribution in [0.3, 0.4) is 0 Å². The van der Waals surface area contributed by atoms with E-state index in [0.717, 1.165) is 26.1 Å². The number of nitrogens with one attached hydrogen (secondary N) is 1. The number of hydrogen-bond donors (Lipinski definition) is 1. The number of amides is 2. The fraction of sp³-hybridized carbons (Fsp3) is 0.882. The largest absolute Gasteiger partial charge is 0.444 e. The third-order valence-corrected chi connectivity index (χ3v) is 4.63. The fourth-order valence-corrected chi connectivity index (χ4v) is 3.37. The van der Waals surface area contributed by atoms with Gasteiger partial charge < -0.3 is 15.0 Å². The predicted molar refractivity (Wildman–Crippen MR) is 89.2 cm³/mol. The van der Waals surface area contributed by atoms with Gasteiger partial charge in [0, 0.05) is 25.7 Å². The van der Waals surface area contributed by atoms with Gasteiger partial charge in [-0.05, 0) is 53.1 Å². The van der Waals surface area contributed by atoms with Gasteiger partial charge in [0.05, 0.1) is 5.92 Å². The van der Waals surface area contributed by atoms with Crippen LogP contribution in [0.4, 0.5) is 4.79 Å². The van der Waals surface area contributed by atoms with Gasteiger partial charge in [-0.25, -0.2) is 4.79 Å².